The Morgan fingerprint density at radius 1 is 1.15 bits per heavy atom. The molecular weight excluding hydrogens is 431 g/mol. The van der Waals surface area contributed by atoms with Crippen LogP contribution in [0.5, 0.6) is 0 Å². The number of Topliss-reactive ketones (excluding diaryl/α,β-unsaturated/α-hetero) is 1. The van der Waals surface area contributed by atoms with Crippen molar-refractivity contribution < 1.29 is 13.9 Å². The SMILES string of the molecule is CC1(C)CC(=O)C2=C(C1)OC(N)=C(C#N)[C@H]2c1cn(-c2ccccc2)nc1-c1ccc(F)cc1. The number of allylic oxidation sites excluding steroid dienone is 3. The van der Waals surface area contributed by atoms with Crippen molar-refractivity contribution in [3.63, 3.8) is 0 Å². The summed E-state index contributed by atoms with van der Waals surface area (Å²) in [6.07, 6.45) is 2.68. The molecule has 1 aromatic heterocycles. The van der Waals surface area contributed by atoms with E-state index in [4.69, 9.17) is 15.6 Å². The predicted molar refractivity (Wildman–Crippen MR) is 125 cm³/mol. The number of nitriles is 1. The van der Waals surface area contributed by atoms with Gasteiger partial charge in [-0.2, -0.15) is 10.4 Å². The third-order valence-electron chi connectivity index (χ3n) is 6.27. The number of aromatic nitrogens is 2. The van der Waals surface area contributed by atoms with Crippen LogP contribution in [0.3, 0.4) is 0 Å². The summed E-state index contributed by atoms with van der Waals surface area (Å²) < 4.78 is 21.2. The van der Waals surface area contributed by atoms with E-state index in [0.29, 0.717) is 41.0 Å². The van der Waals surface area contributed by atoms with Crippen molar-refractivity contribution in [3.8, 4) is 23.0 Å². The minimum Gasteiger partial charge on any atom is -0.444 e. The van der Waals surface area contributed by atoms with Crippen LogP contribution in [0.15, 0.2) is 83.6 Å². The summed E-state index contributed by atoms with van der Waals surface area (Å²) >= 11 is 0. The molecule has 0 amide bonds. The number of benzene rings is 2. The molecule has 2 aliphatic rings. The second-order valence-corrected chi connectivity index (χ2v) is 9.42. The number of hydrogen-bond donors (Lipinski definition) is 1. The van der Waals surface area contributed by atoms with Gasteiger partial charge in [0.05, 0.1) is 17.3 Å². The summed E-state index contributed by atoms with van der Waals surface area (Å²) in [4.78, 5) is 13.4. The van der Waals surface area contributed by atoms with E-state index in [9.17, 15) is 14.4 Å². The largest absolute Gasteiger partial charge is 0.444 e. The fourth-order valence-electron chi connectivity index (χ4n) is 4.74. The Labute approximate surface area is 196 Å². The zero-order valence-electron chi connectivity index (χ0n) is 18.9. The van der Waals surface area contributed by atoms with Gasteiger partial charge in [-0.1, -0.05) is 32.0 Å². The molecule has 1 atom stereocenters. The van der Waals surface area contributed by atoms with Crippen LogP contribution in [0.25, 0.3) is 16.9 Å². The second-order valence-electron chi connectivity index (χ2n) is 9.42. The molecule has 0 bridgehead atoms. The summed E-state index contributed by atoms with van der Waals surface area (Å²) in [5.41, 5.74) is 9.19. The molecule has 0 spiro atoms. The summed E-state index contributed by atoms with van der Waals surface area (Å²) in [5.74, 6) is -0.672. The Hall–Kier alpha value is -4.18. The topological polar surface area (TPSA) is 93.9 Å². The highest BCUT2D eigenvalue weighted by Gasteiger charge is 2.44. The molecular formula is C27H23FN4O2. The van der Waals surface area contributed by atoms with Crippen LogP contribution in [0.2, 0.25) is 0 Å². The van der Waals surface area contributed by atoms with Gasteiger partial charge in [-0.3, -0.25) is 4.79 Å². The Balaban J connectivity index is 1.76. The lowest BCUT2D eigenvalue weighted by Gasteiger charge is -2.37. The van der Waals surface area contributed by atoms with E-state index in [2.05, 4.69) is 6.07 Å². The summed E-state index contributed by atoms with van der Waals surface area (Å²) in [5, 5.41) is 14.8. The number of para-hydroxylation sites is 1. The predicted octanol–water partition coefficient (Wildman–Crippen LogP) is 5.13. The van der Waals surface area contributed by atoms with Gasteiger partial charge >= 0.3 is 0 Å². The van der Waals surface area contributed by atoms with E-state index in [1.807, 2.05) is 50.4 Å². The molecule has 5 rings (SSSR count). The summed E-state index contributed by atoms with van der Waals surface area (Å²) in [6, 6.07) is 17.7. The lowest BCUT2D eigenvalue weighted by atomic mass is 9.70. The first-order valence-corrected chi connectivity index (χ1v) is 11.0. The van der Waals surface area contributed by atoms with E-state index in [1.165, 1.54) is 12.1 Å². The smallest absolute Gasteiger partial charge is 0.205 e. The highest BCUT2D eigenvalue weighted by molar-refractivity contribution is 6.00. The first-order valence-electron chi connectivity index (χ1n) is 11.0. The number of nitrogens with zero attached hydrogens (tertiary/aromatic N) is 3. The average molecular weight is 455 g/mol. The van der Waals surface area contributed by atoms with Crippen molar-refractivity contribution in [2.24, 2.45) is 11.1 Å². The number of carbonyl (C=O) groups is 1. The zero-order valence-corrected chi connectivity index (χ0v) is 18.9. The van der Waals surface area contributed by atoms with Crippen LogP contribution in [-0.2, 0) is 9.53 Å². The molecule has 2 N–H and O–H groups in total. The van der Waals surface area contributed by atoms with E-state index in [1.54, 1.807) is 16.8 Å². The fraction of sp³-hybridized carbons (Fsp3) is 0.222. The van der Waals surface area contributed by atoms with Crippen molar-refractivity contribution in [1.29, 1.82) is 5.26 Å². The third kappa shape index (κ3) is 3.67. The Bertz CT molecular complexity index is 1390. The van der Waals surface area contributed by atoms with Crippen molar-refractivity contribution in [1.82, 2.24) is 9.78 Å². The van der Waals surface area contributed by atoms with Crippen LogP contribution in [0, 0.1) is 22.6 Å². The van der Waals surface area contributed by atoms with Crippen LogP contribution < -0.4 is 5.73 Å². The third-order valence-corrected chi connectivity index (χ3v) is 6.27. The maximum Gasteiger partial charge on any atom is 0.205 e. The van der Waals surface area contributed by atoms with E-state index >= 15 is 0 Å². The van der Waals surface area contributed by atoms with Gasteiger partial charge in [0.2, 0.25) is 5.88 Å². The molecule has 0 saturated heterocycles. The van der Waals surface area contributed by atoms with E-state index in [0.717, 1.165) is 5.69 Å². The quantitative estimate of drug-likeness (QED) is 0.592. The highest BCUT2D eigenvalue weighted by atomic mass is 19.1. The van der Waals surface area contributed by atoms with Gasteiger partial charge < -0.3 is 10.5 Å². The number of nitrogens with two attached hydrogens (primary N) is 1. The normalized spacial score (nSPS) is 19.5. The highest BCUT2D eigenvalue weighted by Crippen LogP contribution is 2.49. The number of halogens is 1. The van der Waals surface area contributed by atoms with Crippen molar-refractivity contribution in [2.75, 3.05) is 0 Å². The summed E-state index contributed by atoms with van der Waals surface area (Å²) in [7, 11) is 0. The lowest BCUT2D eigenvalue weighted by Crippen LogP contribution is -2.33. The van der Waals surface area contributed by atoms with Crippen LogP contribution in [0.4, 0.5) is 4.39 Å². The standard InChI is InChI=1S/C27H23FN4O2/c1-27(2)12-21(33)24-22(13-27)34-26(30)19(14-29)23(24)20-15-32(18-6-4-3-5-7-18)31-25(20)16-8-10-17(28)11-9-16/h3-11,15,23H,12-13,30H2,1-2H3/t23-/m0/s1. The van der Waals surface area contributed by atoms with Gasteiger partial charge in [0.15, 0.2) is 5.78 Å². The Kier molecular flexibility index (Phi) is 5.09. The van der Waals surface area contributed by atoms with Crippen molar-refractivity contribution >= 4 is 5.78 Å². The summed E-state index contributed by atoms with van der Waals surface area (Å²) in [6.45, 7) is 4.01. The van der Waals surface area contributed by atoms with Gasteiger partial charge in [0.1, 0.15) is 23.2 Å². The van der Waals surface area contributed by atoms with Crippen molar-refractivity contribution in [2.45, 2.75) is 32.6 Å². The molecule has 1 aliphatic heterocycles. The van der Waals surface area contributed by atoms with E-state index < -0.39 is 5.92 Å². The molecule has 7 heteroatoms. The first-order chi connectivity index (χ1) is 16.3. The average Bonchev–Trinajstić information content (AvgIpc) is 3.23. The molecule has 6 nitrogen and oxygen atoms in total. The molecule has 0 saturated carbocycles. The molecule has 34 heavy (non-hydrogen) atoms. The molecule has 2 aromatic carbocycles. The van der Waals surface area contributed by atoms with Gasteiger partial charge in [-0.05, 0) is 41.8 Å². The first kappa shape index (κ1) is 21.7. The molecule has 2 heterocycles. The van der Waals surface area contributed by atoms with Crippen molar-refractivity contribution in [3.05, 3.63) is 95.0 Å². The number of carbonyl (C=O) groups excluding carboxylic acids is 1. The minimum absolute atomic E-state index is 0.00531. The van der Waals surface area contributed by atoms with Gasteiger partial charge in [0.25, 0.3) is 0 Å². The number of hydrogen-bond acceptors (Lipinski definition) is 5. The molecule has 0 unspecified atom stereocenters. The zero-order chi connectivity index (χ0) is 24.0. The molecule has 1 aliphatic carbocycles. The second kappa shape index (κ2) is 7.99. The van der Waals surface area contributed by atoms with Gasteiger partial charge in [-0.15, -0.1) is 0 Å². The molecule has 3 aromatic rings. The molecule has 170 valence electrons. The van der Waals surface area contributed by atoms with Gasteiger partial charge in [-0.25, -0.2) is 9.07 Å². The molecule has 0 radical (unpaired) electrons. The Morgan fingerprint density at radius 2 is 1.85 bits per heavy atom. The maximum absolute atomic E-state index is 13.7. The number of ketones is 1. The van der Waals surface area contributed by atoms with Gasteiger partial charge in [0, 0.05) is 35.7 Å². The van der Waals surface area contributed by atoms with Crippen LogP contribution in [-0.4, -0.2) is 15.6 Å². The molecule has 0 fully saturated rings. The fourth-order valence-corrected chi connectivity index (χ4v) is 4.74. The number of ether oxygens (including phenoxy) is 1. The lowest BCUT2D eigenvalue weighted by molar-refractivity contribution is -0.119. The minimum atomic E-state index is -0.727. The Morgan fingerprint density at radius 3 is 2.53 bits per heavy atom. The number of rotatable bonds is 3. The monoisotopic (exact) mass is 454 g/mol. The van der Waals surface area contributed by atoms with E-state index in [-0.39, 0.29) is 28.5 Å². The van der Waals surface area contributed by atoms with Crippen LogP contribution in [0.1, 0.15) is 38.2 Å². The maximum atomic E-state index is 13.7. The van der Waals surface area contributed by atoms with Crippen LogP contribution >= 0.6 is 0 Å².